The topological polar surface area (TPSA) is 58.6 Å². The van der Waals surface area contributed by atoms with Crippen LogP contribution in [0.2, 0.25) is 0 Å². The van der Waals surface area contributed by atoms with Crippen molar-refractivity contribution in [2.45, 2.75) is 19.9 Å². The lowest BCUT2D eigenvalue weighted by Gasteiger charge is -2.34. The van der Waals surface area contributed by atoms with Crippen LogP contribution in [0.25, 0.3) is 0 Å². The fourth-order valence-corrected chi connectivity index (χ4v) is 2.62. The van der Waals surface area contributed by atoms with Crippen LogP contribution >= 0.6 is 15.9 Å². The molecule has 0 spiro atoms. The smallest absolute Gasteiger partial charge is 0.250 e. The average molecular weight is 341 g/mol. The Bertz CT molecular complexity index is 545. The van der Waals surface area contributed by atoms with Gasteiger partial charge in [0.1, 0.15) is 18.3 Å². The zero-order chi connectivity index (χ0) is 14.9. The van der Waals surface area contributed by atoms with Gasteiger partial charge in [0.15, 0.2) is 0 Å². The van der Waals surface area contributed by atoms with Crippen LogP contribution in [0.5, 0.6) is 5.75 Å². The third-order valence-corrected chi connectivity index (χ3v) is 3.68. The number of methoxy groups -OCH3 is 1. The van der Waals surface area contributed by atoms with E-state index in [1.807, 2.05) is 13.8 Å². The summed E-state index contributed by atoms with van der Waals surface area (Å²) in [6.07, 6.45) is 0. The summed E-state index contributed by atoms with van der Waals surface area (Å²) in [5, 5.41) is 2.74. The Kier molecular flexibility index (Phi) is 4.32. The molecule has 1 aliphatic rings. The summed E-state index contributed by atoms with van der Waals surface area (Å²) in [7, 11) is 1.56. The number of benzene rings is 1. The first-order valence-corrected chi connectivity index (χ1v) is 7.17. The predicted molar refractivity (Wildman–Crippen MR) is 79.8 cm³/mol. The summed E-state index contributed by atoms with van der Waals surface area (Å²) < 4.78 is 5.99. The summed E-state index contributed by atoms with van der Waals surface area (Å²) in [6.45, 7) is 3.85. The Morgan fingerprint density at radius 3 is 2.65 bits per heavy atom. The zero-order valence-electron chi connectivity index (χ0n) is 11.6. The van der Waals surface area contributed by atoms with Gasteiger partial charge in [0, 0.05) is 16.2 Å². The lowest BCUT2D eigenvalue weighted by atomic mass is 10.0. The van der Waals surface area contributed by atoms with E-state index in [1.54, 1.807) is 25.3 Å². The second-order valence-corrected chi connectivity index (χ2v) is 5.98. The number of anilines is 1. The van der Waals surface area contributed by atoms with Gasteiger partial charge in [-0.05, 0) is 18.1 Å². The Morgan fingerprint density at radius 2 is 2.05 bits per heavy atom. The molecule has 0 radical (unpaired) electrons. The molecule has 0 saturated carbocycles. The number of carbonyl (C=O) groups is 2. The molecule has 2 rings (SSSR count). The molecule has 1 unspecified atom stereocenters. The fourth-order valence-electron chi connectivity index (χ4n) is 2.16. The normalized spacial score (nSPS) is 19.2. The summed E-state index contributed by atoms with van der Waals surface area (Å²) in [5.74, 6) is 0.430. The fraction of sp³-hybridized carbons (Fsp3) is 0.429. The van der Waals surface area contributed by atoms with Gasteiger partial charge in [0.25, 0.3) is 0 Å². The van der Waals surface area contributed by atoms with Crippen molar-refractivity contribution in [1.82, 2.24) is 5.32 Å². The molecule has 108 valence electrons. The molecule has 1 fully saturated rings. The minimum absolute atomic E-state index is 0.0294. The van der Waals surface area contributed by atoms with Crippen molar-refractivity contribution in [1.29, 1.82) is 0 Å². The van der Waals surface area contributed by atoms with Crippen LogP contribution in [0.15, 0.2) is 22.7 Å². The third-order valence-electron chi connectivity index (χ3n) is 3.22. The van der Waals surface area contributed by atoms with Crippen LogP contribution in [-0.4, -0.2) is 31.5 Å². The summed E-state index contributed by atoms with van der Waals surface area (Å²) in [4.78, 5) is 25.8. The highest BCUT2D eigenvalue weighted by Gasteiger charge is 2.35. The number of rotatable bonds is 3. The van der Waals surface area contributed by atoms with E-state index in [9.17, 15) is 9.59 Å². The number of amides is 2. The van der Waals surface area contributed by atoms with Crippen LogP contribution in [0, 0.1) is 5.92 Å². The van der Waals surface area contributed by atoms with Crippen molar-refractivity contribution in [3.63, 3.8) is 0 Å². The lowest BCUT2D eigenvalue weighted by Crippen LogP contribution is -2.60. The Balaban J connectivity index is 2.37. The first-order chi connectivity index (χ1) is 9.42. The number of hydrogen-bond acceptors (Lipinski definition) is 3. The predicted octanol–water partition coefficient (Wildman–Crippen LogP) is 1.95. The third kappa shape index (κ3) is 2.95. The van der Waals surface area contributed by atoms with Gasteiger partial charge < -0.3 is 15.0 Å². The van der Waals surface area contributed by atoms with E-state index < -0.39 is 6.04 Å². The molecule has 0 aliphatic carbocycles. The molecule has 6 heteroatoms. The number of carbonyl (C=O) groups excluding carboxylic acids is 2. The van der Waals surface area contributed by atoms with Crippen LogP contribution < -0.4 is 15.0 Å². The number of piperazine rings is 1. The highest BCUT2D eigenvalue weighted by atomic mass is 79.9. The van der Waals surface area contributed by atoms with E-state index in [1.165, 1.54) is 4.90 Å². The molecule has 1 aromatic carbocycles. The van der Waals surface area contributed by atoms with Crippen molar-refractivity contribution < 1.29 is 14.3 Å². The number of nitrogens with one attached hydrogen (secondary N) is 1. The molecule has 0 aromatic heterocycles. The van der Waals surface area contributed by atoms with Crippen molar-refractivity contribution in [2.24, 2.45) is 5.92 Å². The van der Waals surface area contributed by atoms with Crippen molar-refractivity contribution in [3.8, 4) is 5.75 Å². The Hall–Kier alpha value is -1.56. The quantitative estimate of drug-likeness (QED) is 0.914. The minimum Gasteiger partial charge on any atom is -0.497 e. The number of hydrogen-bond donors (Lipinski definition) is 1. The van der Waals surface area contributed by atoms with Gasteiger partial charge in [-0.3, -0.25) is 9.59 Å². The number of ether oxygens (including phenoxy) is 1. The summed E-state index contributed by atoms with van der Waals surface area (Å²) >= 11 is 3.38. The van der Waals surface area contributed by atoms with E-state index in [4.69, 9.17) is 4.74 Å². The number of nitrogens with zero attached hydrogens (tertiary/aromatic N) is 1. The van der Waals surface area contributed by atoms with E-state index in [0.29, 0.717) is 11.4 Å². The van der Waals surface area contributed by atoms with Crippen LogP contribution in [0.4, 0.5) is 5.69 Å². The monoisotopic (exact) mass is 340 g/mol. The first kappa shape index (κ1) is 14.8. The first-order valence-electron chi connectivity index (χ1n) is 6.37. The minimum atomic E-state index is -0.485. The van der Waals surface area contributed by atoms with Gasteiger partial charge in [0.2, 0.25) is 11.8 Å². The van der Waals surface area contributed by atoms with E-state index in [-0.39, 0.29) is 24.3 Å². The van der Waals surface area contributed by atoms with Crippen LogP contribution in [0.1, 0.15) is 13.8 Å². The van der Waals surface area contributed by atoms with Crippen molar-refractivity contribution >= 4 is 33.4 Å². The molecule has 0 bridgehead atoms. The van der Waals surface area contributed by atoms with Gasteiger partial charge in [-0.1, -0.05) is 29.8 Å². The molecule has 20 heavy (non-hydrogen) atoms. The SMILES string of the molecule is COc1cc(Br)cc(N2CC(=O)NC(C(C)C)C2=O)c1. The summed E-state index contributed by atoms with van der Waals surface area (Å²) in [6, 6.07) is 4.87. The summed E-state index contributed by atoms with van der Waals surface area (Å²) in [5.41, 5.74) is 0.654. The largest absolute Gasteiger partial charge is 0.497 e. The molecule has 1 heterocycles. The van der Waals surface area contributed by atoms with Crippen LogP contribution in [-0.2, 0) is 9.59 Å². The molecule has 1 aromatic rings. The number of halogens is 1. The standard InChI is InChI=1S/C14H17BrN2O3/c1-8(2)13-14(19)17(7-12(18)16-13)10-4-9(15)5-11(6-10)20-3/h4-6,8,13H,7H2,1-3H3,(H,16,18). The molecule has 1 N–H and O–H groups in total. The van der Waals surface area contributed by atoms with Crippen molar-refractivity contribution in [3.05, 3.63) is 22.7 Å². The van der Waals surface area contributed by atoms with Gasteiger partial charge in [0.05, 0.1) is 7.11 Å². The second-order valence-electron chi connectivity index (χ2n) is 5.06. The van der Waals surface area contributed by atoms with Gasteiger partial charge in [-0.15, -0.1) is 0 Å². The average Bonchev–Trinajstić information content (AvgIpc) is 2.39. The van der Waals surface area contributed by atoms with E-state index in [2.05, 4.69) is 21.2 Å². The zero-order valence-corrected chi connectivity index (χ0v) is 13.2. The molecule has 1 aliphatic heterocycles. The second kappa shape index (κ2) is 5.83. The van der Waals surface area contributed by atoms with Gasteiger partial charge in [-0.25, -0.2) is 0 Å². The highest BCUT2D eigenvalue weighted by molar-refractivity contribution is 9.10. The molecule has 1 saturated heterocycles. The highest BCUT2D eigenvalue weighted by Crippen LogP contribution is 2.28. The molecule has 2 amide bonds. The molecular weight excluding hydrogens is 324 g/mol. The van der Waals surface area contributed by atoms with E-state index >= 15 is 0 Å². The van der Waals surface area contributed by atoms with E-state index in [0.717, 1.165) is 4.47 Å². The Labute approximate surface area is 126 Å². The maximum absolute atomic E-state index is 12.5. The van der Waals surface area contributed by atoms with Crippen molar-refractivity contribution in [2.75, 3.05) is 18.6 Å². The Morgan fingerprint density at radius 1 is 1.35 bits per heavy atom. The molecule has 1 atom stereocenters. The maximum atomic E-state index is 12.5. The molecular formula is C14H17BrN2O3. The lowest BCUT2D eigenvalue weighted by molar-refractivity contribution is -0.132. The van der Waals surface area contributed by atoms with Gasteiger partial charge in [-0.2, -0.15) is 0 Å². The maximum Gasteiger partial charge on any atom is 0.250 e. The van der Waals surface area contributed by atoms with Gasteiger partial charge >= 0.3 is 0 Å². The molecule has 5 nitrogen and oxygen atoms in total. The van der Waals surface area contributed by atoms with Crippen LogP contribution in [0.3, 0.4) is 0 Å².